The van der Waals surface area contributed by atoms with Crippen molar-refractivity contribution < 1.29 is 4.79 Å². The largest absolute Gasteiger partial charge is 0.346 e. The Balaban J connectivity index is 1.61. The van der Waals surface area contributed by atoms with Crippen LogP contribution in [0.1, 0.15) is 10.4 Å². The van der Waals surface area contributed by atoms with Gasteiger partial charge in [0.2, 0.25) is 0 Å². The van der Waals surface area contributed by atoms with Gasteiger partial charge < -0.3 is 5.32 Å². The van der Waals surface area contributed by atoms with E-state index in [-0.39, 0.29) is 5.78 Å². The van der Waals surface area contributed by atoms with Crippen molar-refractivity contribution in [1.82, 2.24) is 9.78 Å². The van der Waals surface area contributed by atoms with Gasteiger partial charge in [-0.15, -0.1) is 0 Å². The average Bonchev–Trinajstić information content (AvgIpc) is 3.19. The van der Waals surface area contributed by atoms with Crippen molar-refractivity contribution in [3.8, 4) is 16.9 Å². The molecule has 0 unspecified atom stereocenters. The van der Waals surface area contributed by atoms with Crippen LogP contribution >= 0.6 is 15.9 Å². The number of nitrogens with zero attached hydrogens (tertiary/aromatic N) is 2. The Morgan fingerprint density at radius 3 is 2.24 bits per heavy atom. The van der Waals surface area contributed by atoms with Gasteiger partial charge in [-0.05, 0) is 36.4 Å². The van der Waals surface area contributed by atoms with Crippen LogP contribution in [-0.4, -0.2) is 15.6 Å². The number of aromatic nitrogens is 2. The van der Waals surface area contributed by atoms with Gasteiger partial charge in [-0.2, -0.15) is 5.10 Å². The number of carbonyl (C=O) groups excluding carboxylic acids is 1. The van der Waals surface area contributed by atoms with Crippen molar-refractivity contribution in [2.24, 2.45) is 0 Å². The molecule has 29 heavy (non-hydrogen) atoms. The predicted octanol–water partition coefficient (Wildman–Crippen LogP) is 6.11. The number of hydrogen-bond donors (Lipinski definition) is 1. The molecule has 0 saturated heterocycles. The molecule has 0 spiro atoms. The fourth-order valence-corrected chi connectivity index (χ4v) is 3.18. The van der Waals surface area contributed by atoms with Crippen molar-refractivity contribution in [1.29, 1.82) is 0 Å². The van der Waals surface area contributed by atoms with E-state index in [2.05, 4.69) is 21.2 Å². The molecule has 4 nitrogen and oxygen atoms in total. The lowest BCUT2D eigenvalue weighted by atomic mass is 10.1. The molecule has 3 aromatic carbocycles. The number of para-hydroxylation sites is 1. The summed E-state index contributed by atoms with van der Waals surface area (Å²) in [6.45, 7) is 0. The smallest absolute Gasteiger partial charge is 0.187 e. The number of anilines is 1. The fourth-order valence-electron chi connectivity index (χ4n) is 2.91. The van der Waals surface area contributed by atoms with Gasteiger partial charge in [0.15, 0.2) is 5.78 Å². The van der Waals surface area contributed by atoms with E-state index in [0.717, 1.165) is 27.2 Å². The third kappa shape index (κ3) is 4.52. The maximum absolute atomic E-state index is 12.4. The number of benzene rings is 3. The van der Waals surface area contributed by atoms with Crippen molar-refractivity contribution >= 4 is 27.5 Å². The number of rotatable bonds is 6. The molecule has 0 saturated carbocycles. The van der Waals surface area contributed by atoms with Gasteiger partial charge >= 0.3 is 0 Å². The highest BCUT2D eigenvalue weighted by Gasteiger charge is 2.10. The van der Waals surface area contributed by atoms with E-state index in [9.17, 15) is 4.79 Å². The number of hydrogen-bond acceptors (Lipinski definition) is 3. The highest BCUT2D eigenvalue weighted by atomic mass is 79.9. The highest BCUT2D eigenvalue weighted by molar-refractivity contribution is 9.10. The monoisotopic (exact) mass is 443 g/mol. The maximum Gasteiger partial charge on any atom is 0.187 e. The van der Waals surface area contributed by atoms with Crippen LogP contribution in [0.25, 0.3) is 16.9 Å². The topological polar surface area (TPSA) is 46.9 Å². The summed E-state index contributed by atoms with van der Waals surface area (Å²) >= 11 is 3.38. The Kier molecular flexibility index (Phi) is 5.68. The first-order valence-corrected chi connectivity index (χ1v) is 9.94. The van der Waals surface area contributed by atoms with Crippen LogP contribution in [0.15, 0.2) is 108 Å². The number of allylic oxidation sites excluding steroid dienone is 1. The molecule has 1 N–H and O–H groups in total. The summed E-state index contributed by atoms with van der Waals surface area (Å²) in [5, 5.41) is 7.95. The maximum atomic E-state index is 12.4. The summed E-state index contributed by atoms with van der Waals surface area (Å²) < 4.78 is 2.77. The molecule has 142 valence electrons. The molecular formula is C24H18BrN3O. The summed E-state index contributed by atoms with van der Waals surface area (Å²) in [6, 6.07) is 29.1. The summed E-state index contributed by atoms with van der Waals surface area (Å²) in [7, 11) is 0. The molecule has 4 rings (SSSR count). The standard InChI is InChI=1S/C24H18BrN3O/c25-20-13-11-19(12-14-20)23(29)15-16-26-24-17-22(18-7-3-1-4-8-18)27-28(24)21-9-5-2-6-10-21/h1-17,26H. The lowest BCUT2D eigenvalue weighted by Crippen LogP contribution is -2.02. The fraction of sp³-hybridized carbons (Fsp3) is 0. The Hall–Kier alpha value is -3.44. The van der Waals surface area contributed by atoms with Gasteiger partial charge in [-0.25, -0.2) is 4.68 Å². The zero-order chi connectivity index (χ0) is 20.1. The van der Waals surface area contributed by atoms with E-state index in [1.54, 1.807) is 18.3 Å². The van der Waals surface area contributed by atoms with Crippen LogP contribution < -0.4 is 5.32 Å². The van der Waals surface area contributed by atoms with Crippen LogP contribution in [0, 0.1) is 0 Å². The van der Waals surface area contributed by atoms with E-state index < -0.39 is 0 Å². The molecule has 5 heteroatoms. The predicted molar refractivity (Wildman–Crippen MR) is 120 cm³/mol. The minimum absolute atomic E-state index is 0.0703. The summed E-state index contributed by atoms with van der Waals surface area (Å²) in [5.74, 6) is 0.703. The van der Waals surface area contributed by atoms with Crippen molar-refractivity contribution in [3.63, 3.8) is 0 Å². The van der Waals surface area contributed by atoms with Gasteiger partial charge in [-0.1, -0.05) is 64.5 Å². The lowest BCUT2D eigenvalue weighted by molar-refractivity contribution is 0.104. The summed E-state index contributed by atoms with van der Waals surface area (Å²) in [4.78, 5) is 12.4. The Labute approximate surface area is 177 Å². The molecule has 0 amide bonds. The van der Waals surface area contributed by atoms with E-state index in [4.69, 9.17) is 5.10 Å². The molecule has 0 aliphatic rings. The van der Waals surface area contributed by atoms with Gasteiger partial charge in [0.25, 0.3) is 0 Å². The van der Waals surface area contributed by atoms with E-state index in [1.165, 1.54) is 6.08 Å². The molecular weight excluding hydrogens is 426 g/mol. The zero-order valence-electron chi connectivity index (χ0n) is 15.5. The second-order valence-corrected chi connectivity index (χ2v) is 7.29. The molecule has 1 heterocycles. The molecule has 0 atom stereocenters. The van der Waals surface area contributed by atoms with E-state index >= 15 is 0 Å². The van der Waals surface area contributed by atoms with Gasteiger partial charge in [0.1, 0.15) is 5.82 Å². The molecule has 0 aliphatic carbocycles. The first kappa shape index (κ1) is 18.9. The highest BCUT2D eigenvalue weighted by Crippen LogP contribution is 2.24. The second kappa shape index (κ2) is 8.71. The van der Waals surface area contributed by atoms with Crippen molar-refractivity contribution in [3.05, 3.63) is 113 Å². The third-order valence-corrected chi connectivity index (χ3v) is 4.90. The minimum atomic E-state index is -0.0703. The Bertz CT molecular complexity index is 1130. The summed E-state index contributed by atoms with van der Waals surface area (Å²) in [6.07, 6.45) is 3.17. The van der Waals surface area contributed by atoms with Gasteiger partial charge in [0.05, 0.1) is 11.4 Å². The van der Waals surface area contributed by atoms with Crippen molar-refractivity contribution in [2.45, 2.75) is 0 Å². The zero-order valence-corrected chi connectivity index (χ0v) is 17.1. The Morgan fingerprint density at radius 1 is 0.897 bits per heavy atom. The first-order valence-electron chi connectivity index (χ1n) is 9.14. The number of carbonyl (C=O) groups is 1. The van der Waals surface area contributed by atoms with E-state index in [1.807, 2.05) is 83.5 Å². The lowest BCUT2D eigenvalue weighted by Gasteiger charge is -2.06. The number of ketones is 1. The summed E-state index contributed by atoms with van der Waals surface area (Å²) in [5.41, 5.74) is 3.45. The molecule has 0 fully saturated rings. The normalized spacial score (nSPS) is 10.9. The van der Waals surface area contributed by atoms with Crippen molar-refractivity contribution in [2.75, 3.05) is 5.32 Å². The van der Waals surface area contributed by atoms with Crippen LogP contribution in [0.2, 0.25) is 0 Å². The van der Waals surface area contributed by atoms with Crippen LogP contribution in [0.4, 0.5) is 5.82 Å². The average molecular weight is 444 g/mol. The molecule has 0 radical (unpaired) electrons. The molecule has 4 aromatic rings. The van der Waals surface area contributed by atoms with Crippen LogP contribution in [0.5, 0.6) is 0 Å². The Morgan fingerprint density at radius 2 is 1.55 bits per heavy atom. The quantitative estimate of drug-likeness (QED) is 0.288. The second-order valence-electron chi connectivity index (χ2n) is 6.38. The SMILES string of the molecule is O=C(C=CNc1cc(-c2ccccc2)nn1-c1ccccc1)c1ccc(Br)cc1. The molecule has 0 bridgehead atoms. The van der Waals surface area contributed by atoms with Gasteiger partial charge in [0, 0.05) is 33.9 Å². The van der Waals surface area contributed by atoms with Gasteiger partial charge in [-0.3, -0.25) is 4.79 Å². The van der Waals surface area contributed by atoms with E-state index in [0.29, 0.717) is 5.56 Å². The number of halogens is 1. The first-order chi connectivity index (χ1) is 14.2. The van der Waals surface area contributed by atoms with Crippen LogP contribution in [0.3, 0.4) is 0 Å². The number of nitrogens with one attached hydrogen (secondary N) is 1. The third-order valence-electron chi connectivity index (χ3n) is 4.37. The molecule has 0 aliphatic heterocycles. The minimum Gasteiger partial charge on any atom is -0.346 e. The van der Waals surface area contributed by atoms with Crippen LogP contribution in [-0.2, 0) is 0 Å². The molecule has 1 aromatic heterocycles.